The van der Waals surface area contributed by atoms with Gasteiger partial charge in [-0.25, -0.2) is 0 Å². The summed E-state index contributed by atoms with van der Waals surface area (Å²) in [7, 11) is 0. The second-order valence-electron chi connectivity index (χ2n) is 7.99. The zero-order valence-electron chi connectivity index (χ0n) is 18.0. The molecule has 1 atom stereocenters. The van der Waals surface area contributed by atoms with E-state index in [1.807, 2.05) is 6.07 Å². The van der Waals surface area contributed by atoms with Gasteiger partial charge in [-0.2, -0.15) is 0 Å². The minimum Gasteiger partial charge on any atom is -0.493 e. The summed E-state index contributed by atoms with van der Waals surface area (Å²) < 4.78 is 11.5. The summed E-state index contributed by atoms with van der Waals surface area (Å²) in [5.74, 6) is -0.244. The van der Waals surface area contributed by atoms with Crippen LogP contribution < -0.4 is 9.47 Å². The van der Waals surface area contributed by atoms with Gasteiger partial charge in [-0.05, 0) is 67.3 Å². The van der Waals surface area contributed by atoms with Crippen molar-refractivity contribution in [1.82, 2.24) is 0 Å². The van der Waals surface area contributed by atoms with Crippen LogP contribution in [0.5, 0.6) is 17.2 Å². The molecule has 5 nitrogen and oxygen atoms in total. The summed E-state index contributed by atoms with van der Waals surface area (Å²) in [5, 5.41) is 10.9. The Kier molecular flexibility index (Phi) is 7.67. The van der Waals surface area contributed by atoms with Gasteiger partial charge in [0.15, 0.2) is 5.78 Å². The molecule has 4 rings (SSSR count). The molecule has 0 spiro atoms. The number of fused-ring (bicyclic) bond motifs is 1. The first kappa shape index (κ1) is 24.4. The quantitative estimate of drug-likeness (QED) is 0.310. The third-order valence-corrected chi connectivity index (χ3v) is 6.55. The fraction of sp³-hybridized carbons (Fsp3) is 0.231. The van der Waals surface area contributed by atoms with Gasteiger partial charge in [0.1, 0.15) is 17.2 Å². The SMILES string of the molecule is O=C(CCCc1ccc(Cl)cc1Cl)c1ccc(Oc2cc3c(cc2Cl)[C@H](C(=O)O)CCO3)cc1. The van der Waals surface area contributed by atoms with Crippen LogP contribution in [-0.4, -0.2) is 23.5 Å². The van der Waals surface area contributed by atoms with Crippen LogP contribution in [0.25, 0.3) is 0 Å². The lowest BCUT2D eigenvalue weighted by Gasteiger charge is -2.24. The average Bonchev–Trinajstić information content (AvgIpc) is 2.81. The summed E-state index contributed by atoms with van der Waals surface area (Å²) in [6.07, 6.45) is 2.13. The van der Waals surface area contributed by atoms with Crippen molar-refractivity contribution in [1.29, 1.82) is 0 Å². The van der Waals surface area contributed by atoms with Crippen molar-refractivity contribution in [2.24, 2.45) is 0 Å². The highest BCUT2D eigenvalue weighted by molar-refractivity contribution is 6.35. The molecule has 176 valence electrons. The average molecular weight is 520 g/mol. The molecule has 1 aliphatic rings. The van der Waals surface area contributed by atoms with Crippen LogP contribution in [0.15, 0.2) is 54.6 Å². The fourth-order valence-electron chi connectivity index (χ4n) is 3.87. The number of halogens is 3. The van der Waals surface area contributed by atoms with E-state index in [0.29, 0.717) is 70.7 Å². The number of carboxylic acid groups (broad SMARTS) is 1. The molecular weight excluding hydrogens is 499 g/mol. The van der Waals surface area contributed by atoms with Crippen molar-refractivity contribution in [3.8, 4) is 17.2 Å². The van der Waals surface area contributed by atoms with E-state index >= 15 is 0 Å². The number of rotatable bonds is 8. The van der Waals surface area contributed by atoms with Gasteiger partial charge in [-0.3, -0.25) is 9.59 Å². The molecule has 0 amide bonds. The number of aryl methyl sites for hydroxylation is 1. The minimum absolute atomic E-state index is 0.0246. The Morgan fingerprint density at radius 3 is 2.47 bits per heavy atom. The molecule has 0 saturated carbocycles. The summed E-state index contributed by atoms with van der Waals surface area (Å²) in [6, 6.07) is 15.3. The van der Waals surface area contributed by atoms with Gasteiger partial charge in [0.2, 0.25) is 0 Å². The Bertz CT molecular complexity index is 1220. The molecule has 0 unspecified atom stereocenters. The van der Waals surface area contributed by atoms with E-state index in [-0.39, 0.29) is 10.8 Å². The highest BCUT2D eigenvalue weighted by Gasteiger charge is 2.29. The summed E-state index contributed by atoms with van der Waals surface area (Å²) in [5.41, 5.74) is 2.08. The standard InChI is InChI=1S/C26H21Cl3O5/c27-17-7-4-15(21(28)12-17)2-1-3-23(30)16-5-8-18(9-6-16)34-25-14-24-20(13-22(25)29)19(26(31)32)10-11-33-24/h4-9,12-14,19H,1-3,10-11H2,(H,31,32)/t19-/m1/s1. The second kappa shape index (κ2) is 10.7. The molecule has 0 saturated heterocycles. The van der Waals surface area contributed by atoms with E-state index in [1.54, 1.807) is 48.5 Å². The number of ketones is 1. The van der Waals surface area contributed by atoms with E-state index in [2.05, 4.69) is 0 Å². The second-order valence-corrected chi connectivity index (χ2v) is 9.24. The van der Waals surface area contributed by atoms with E-state index in [4.69, 9.17) is 44.3 Å². The van der Waals surface area contributed by atoms with Crippen molar-refractivity contribution >= 4 is 46.6 Å². The highest BCUT2D eigenvalue weighted by Crippen LogP contribution is 2.41. The number of hydrogen-bond donors (Lipinski definition) is 1. The first-order valence-electron chi connectivity index (χ1n) is 10.8. The molecule has 1 heterocycles. The molecule has 0 fully saturated rings. The largest absolute Gasteiger partial charge is 0.493 e. The molecule has 0 aromatic heterocycles. The Morgan fingerprint density at radius 2 is 1.76 bits per heavy atom. The van der Waals surface area contributed by atoms with Gasteiger partial charge in [-0.1, -0.05) is 40.9 Å². The maximum atomic E-state index is 12.6. The molecular formula is C26H21Cl3O5. The molecule has 0 bridgehead atoms. The van der Waals surface area contributed by atoms with Crippen LogP contribution >= 0.6 is 34.8 Å². The van der Waals surface area contributed by atoms with Crippen LogP contribution in [-0.2, 0) is 11.2 Å². The molecule has 1 N–H and O–H groups in total. The summed E-state index contributed by atoms with van der Waals surface area (Å²) in [4.78, 5) is 24.1. The smallest absolute Gasteiger partial charge is 0.311 e. The van der Waals surface area contributed by atoms with Crippen molar-refractivity contribution in [2.45, 2.75) is 31.6 Å². The van der Waals surface area contributed by atoms with Crippen LogP contribution in [0.3, 0.4) is 0 Å². The Balaban J connectivity index is 1.38. The Hall–Kier alpha value is -2.73. The van der Waals surface area contributed by atoms with E-state index < -0.39 is 11.9 Å². The molecule has 3 aromatic carbocycles. The molecule has 1 aliphatic heterocycles. The third-order valence-electron chi connectivity index (χ3n) is 5.67. The third kappa shape index (κ3) is 5.66. The van der Waals surface area contributed by atoms with Crippen LogP contribution in [0.4, 0.5) is 0 Å². The Morgan fingerprint density at radius 1 is 1.00 bits per heavy atom. The number of aliphatic carboxylic acids is 1. The van der Waals surface area contributed by atoms with Crippen molar-refractivity contribution in [2.75, 3.05) is 6.61 Å². The fourth-order valence-corrected chi connectivity index (χ4v) is 4.58. The van der Waals surface area contributed by atoms with Crippen molar-refractivity contribution in [3.63, 3.8) is 0 Å². The van der Waals surface area contributed by atoms with Gasteiger partial charge in [0, 0.05) is 33.7 Å². The van der Waals surface area contributed by atoms with E-state index in [0.717, 1.165) is 5.56 Å². The summed E-state index contributed by atoms with van der Waals surface area (Å²) >= 11 is 18.5. The predicted molar refractivity (Wildman–Crippen MR) is 132 cm³/mol. The van der Waals surface area contributed by atoms with Crippen LogP contribution in [0.2, 0.25) is 15.1 Å². The molecule has 34 heavy (non-hydrogen) atoms. The highest BCUT2D eigenvalue weighted by atomic mass is 35.5. The number of Topliss-reactive ketones (excluding diaryl/α,β-unsaturated/α-hetero) is 1. The van der Waals surface area contributed by atoms with Gasteiger partial charge in [0.05, 0.1) is 17.5 Å². The maximum Gasteiger partial charge on any atom is 0.311 e. The number of carboxylic acids is 1. The lowest BCUT2D eigenvalue weighted by atomic mass is 9.93. The Labute approximate surface area is 212 Å². The van der Waals surface area contributed by atoms with E-state index in [1.165, 1.54) is 0 Å². The van der Waals surface area contributed by atoms with Crippen LogP contribution in [0, 0.1) is 0 Å². The number of ether oxygens (including phenoxy) is 2. The predicted octanol–water partition coefficient (Wildman–Crippen LogP) is 7.60. The topological polar surface area (TPSA) is 72.8 Å². The normalized spacial score (nSPS) is 14.7. The van der Waals surface area contributed by atoms with E-state index in [9.17, 15) is 14.7 Å². The summed E-state index contributed by atoms with van der Waals surface area (Å²) in [6.45, 7) is 0.312. The van der Waals surface area contributed by atoms with Gasteiger partial charge in [-0.15, -0.1) is 0 Å². The maximum absolute atomic E-state index is 12.6. The zero-order chi connectivity index (χ0) is 24.2. The molecule has 0 radical (unpaired) electrons. The van der Waals surface area contributed by atoms with Gasteiger partial charge in [0.25, 0.3) is 0 Å². The zero-order valence-corrected chi connectivity index (χ0v) is 20.3. The minimum atomic E-state index is -0.911. The van der Waals surface area contributed by atoms with Crippen LogP contribution in [0.1, 0.15) is 46.7 Å². The number of carbonyl (C=O) groups excluding carboxylic acids is 1. The van der Waals surface area contributed by atoms with Gasteiger partial charge < -0.3 is 14.6 Å². The first-order valence-corrected chi connectivity index (χ1v) is 11.9. The molecule has 0 aliphatic carbocycles. The van der Waals surface area contributed by atoms with Crippen molar-refractivity contribution < 1.29 is 24.2 Å². The number of carbonyl (C=O) groups is 2. The lowest BCUT2D eigenvalue weighted by Crippen LogP contribution is -2.20. The monoisotopic (exact) mass is 518 g/mol. The number of hydrogen-bond acceptors (Lipinski definition) is 4. The molecule has 3 aromatic rings. The van der Waals surface area contributed by atoms with Gasteiger partial charge >= 0.3 is 5.97 Å². The van der Waals surface area contributed by atoms with Crippen molar-refractivity contribution in [3.05, 3.63) is 86.4 Å². The lowest BCUT2D eigenvalue weighted by molar-refractivity contribution is -0.139. The number of benzene rings is 3. The first-order chi connectivity index (χ1) is 16.3. The molecule has 8 heteroatoms.